The molecule has 0 atom stereocenters. The highest BCUT2D eigenvalue weighted by atomic mass is 32.2. The molecule has 0 saturated carbocycles. The van der Waals surface area contributed by atoms with Gasteiger partial charge in [-0.05, 0) is 71.3 Å². The zero-order valence-electron chi connectivity index (χ0n) is 21.7. The maximum Gasteiger partial charge on any atom is 0.294 e. The highest BCUT2D eigenvalue weighted by Gasteiger charge is 2.36. The number of anilines is 1. The number of nitrogens with zero attached hydrogens (tertiary/aromatic N) is 1. The summed E-state index contributed by atoms with van der Waals surface area (Å²) in [5.41, 5.74) is 4.12. The molecule has 1 fully saturated rings. The number of carbonyl (C=O) groups excluding carboxylic acids is 3. The summed E-state index contributed by atoms with van der Waals surface area (Å²) in [6.45, 7) is 15.5. The van der Waals surface area contributed by atoms with Gasteiger partial charge in [0.1, 0.15) is 12.3 Å². The summed E-state index contributed by atoms with van der Waals surface area (Å²) < 4.78 is 0. The van der Waals surface area contributed by atoms with Crippen LogP contribution in [0.3, 0.4) is 0 Å². The van der Waals surface area contributed by atoms with Crippen LogP contribution in [0.2, 0.25) is 0 Å². The molecule has 2 aromatic carbocycles. The van der Waals surface area contributed by atoms with Crippen molar-refractivity contribution in [1.29, 1.82) is 0 Å². The Kier molecular flexibility index (Phi) is 7.23. The number of hydrogen-bond donors (Lipinski definition) is 2. The molecule has 0 bridgehead atoms. The van der Waals surface area contributed by atoms with Gasteiger partial charge < -0.3 is 10.4 Å². The topological polar surface area (TPSA) is 86.7 Å². The van der Waals surface area contributed by atoms with E-state index in [0.717, 1.165) is 44.5 Å². The number of nitrogens with one attached hydrogen (secondary N) is 1. The molecule has 3 amide bonds. The third-order valence-corrected chi connectivity index (χ3v) is 6.87. The molecule has 1 saturated heterocycles. The summed E-state index contributed by atoms with van der Waals surface area (Å²) >= 11 is 0.818. The van der Waals surface area contributed by atoms with Crippen LogP contribution in [0.25, 0.3) is 6.08 Å². The molecule has 3 rings (SSSR count). The zero-order chi connectivity index (χ0) is 26.3. The maximum absolute atomic E-state index is 13.1. The van der Waals surface area contributed by atoms with Crippen LogP contribution in [0.5, 0.6) is 5.75 Å². The van der Waals surface area contributed by atoms with Gasteiger partial charge in [0, 0.05) is 16.8 Å². The van der Waals surface area contributed by atoms with Crippen LogP contribution in [-0.4, -0.2) is 33.6 Å². The maximum atomic E-state index is 13.1. The van der Waals surface area contributed by atoms with Gasteiger partial charge in [-0.15, -0.1) is 0 Å². The van der Waals surface area contributed by atoms with E-state index in [2.05, 4.69) is 5.32 Å². The number of para-hydroxylation sites is 1. The second-order valence-electron chi connectivity index (χ2n) is 11.0. The van der Waals surface area contributed by atoms with Crippen molar-refractivity contribution < 1.29 is 19.5 Å². The van der Waals surface area contributed by atoms with Gasteiger partial charge in [0.25, 0.3) is 11.1 Å². The first-order valence-corrected chi connectivity index (χ1v) is 12.4. The third-order valence-electron chi connectivity index (χ3n) is 5.97. The smallest absolute Gasteiger partial charge is 0.294 e. The molecule has 2 N–H and O–H groups in total. The first-order chi connectivity index (χ1) is 16.1. The summed E-state index contributed by atoms with van der Waals surface area (Å²) in [4.78, 5) is 39.6. The van der Waals surface area contributed by atoms with Crippen molar-refractivity contribution in [3.63, 3.8) is 0 Å². The number of phenolic OH excluding ortho intramolecular Hbond substituents is 1. The molecule has 0 aliphatic carbocycles. The summed E-state index contributed by atoms with van der Waals surface area (Å²) in [7, 11) is 0. The molecule has 186 valence electrons. The number of aryl methyl sites for hydroxylation is 2. The number of amides is 3. The first-order valence-electron chi connectivity index (χ1n) is 11.6. The number of carbonyl (C=O) groups is 3. The lowest BCUT2D eigenvalue weighted by atomic mass is 9.78. The standard InChI is InChI=1S/C28H34N2O4S/c1-16-10-9-11-17(2)23(16)29-22(31)15-30-25(33)21(35-26(30)34)14-18-12-19(27(3,4)5)24(32)20(13-18)28(6,7)8/h9-14,32H,15H2,1-8H3,(H,29,31). The normalized spacial score (nSPS) is 15.8. The van der Waals surface area contributed by atoms with Gasteiger partial charge in [-0.1, -0.05) is 59.7 Å². The summed E-state index contributed by atoms with van der Waals surface area (Å²) in [5.74, 6) is -0.682. The largest absolute Gasteiger partial charge is 0.507 e. The number of aromatic hydroxyl groups is 1. The molecule has 1 aliphatic heterocycles. The number of phenols is 1. The molecule has 35 heavy (non-hydrogen) atoms. The van der Waals surface area contributed by atoms with Gasteiger partial charge in [0.2, 0.25) is 5.91 Å². The minimum atomic E-state index is -0.501. The second-order valence-corrected chi connectivity index (χ2v) is 12.0. The fourth-order valence-corrected chi connectivity index (χ4v) is 4.84. The van der Waals surface area contributed by atoms with Crippen molar-refractivity contribution >= 4 is 40.6 Å². The van der Waals surface area contributed by atoms with Crippen molar-refractivity contribution in [2.24, 2.45) is 0 Å². The van der Waals surface area contributed by atoms with Gasteiger partial charge in [-0.3, -0.25) is 19.3 Å². The molecule has 0 unspecified atom stereocenters. The molecule has 0 radical (unpaired) electrons. The van der Waals surface area contributed by atoms with E-state index in [1.54, 1.807) is 6.08 Å². The summed E-state index contributed by atoms with van der Waals surface area (Å²) in [6, 6.07) is 9.39. The lowest BCUT2D eigenvalue weighted by molar-refractivity contribution is -0.127. The Morgan fingerprint density at radius 3 is 2.00 bits per heavy atom. The number of rotatable bonds is 4. The lowest BCUT2D eigenvalue weighted by Gasteiger charge is -2.28. The van der Waals surface area contributed by atoms with Gasteiger partial charge in [-0.25, -0.2) is 0 Å². The molecule has 1 aliphatic rings. The van der Waals surface area contributed by atoms with Crippen LogP contribution in [0, 0.1) is 13.8 Å². The van der Waals surface area contributed by atoms with E-state index in [-0.39, 0.29) is 28.0 Å². The second kappa shape index (κ2) is 9.53. The minimum absolute atomic E-state index is 0.249. The Balaban J connectivity index is 1.89. The van der Waals surface area contributed by atoms with Crippen molar-refractivity contribution in [1.82, 2.24) is 4.90 Å². The molecule has 1 heterocycles. The van der Waals surface area contributed by atoms with Crippen molar-refractivity contribution in [2.45, 2.75) is 66.2 Å². The van der Waals surface area contributed by atoms with Crippen LogP contribution in [0.15, 0.2) is 35.2 Å². The fourth-order valence-electron chi connectivity index (χ4n) is 4.01. The molecule has 0 spiro atoms. The van der Waals surface area contributed by atoms with E-state index >= 15 is 0 Å². The molecular formula is C28H34N2O4S. The lowest BCUT2D eigenvalue weighted by Crippen LogP contribution is -2.36. The van der Waals surface area contributed by atoms with Gasteiger partial charge in [0.05, 0.1) is 4.91 Å². The number of thioether (sulfide) groups is 1. The summed E-state index contributed by atoms with van der Waals surface area (Å²) in [5, 5.41) is 13.3. The highest BCUT2D eigenvalue weighted by Crippen LogP contribution is 2.41. The molecule has 7 heteroatoms. The first kappa shape index (κ1) is 26.5. The molecule has 0 aromatic heterocycles. The SMILES string of the molecule is Cc1cccc(C)c1NC(=O)CN1C(=O)SC(=Cc2cc(C(C)(C)C)c(O)c(C(C)(C)C)c2)C1=O. The van der Waals surface area contributed by atoms with E-state index in [4.69, 9.17) is 0 Å². The fraction of sp³-hybridized carbons (Fsp3) is 0.393. The van der Waals surface area contributed by atoms with Crippen LogP contribution in [-0.2, 0) is 20.4 Å². The van der Waals surface area contributed by atoms with Crippen LogP contribution in [0.1, 0.15) is 69.4 Å². The van der Waals surface area contributed by atoms with Gasteiger partial charge >= 0.3 is 0 Å². The number of imide groups is 1. The van der Waals surface area contributed by atoms with Gasteiger partial charge in [-0.2, -0.15) is 0 Å². The molecule has 2 aromatic rings. The Morgan fingerprint density at radius 1 is 1.00 bits per heavy atom. The van der Waals surface area contributed by atoms with E-state index in [1.165, 1.54) is 0 Å². The summed E-state index contributed by atoms with van der Waals surface area (Å²) in [6.07, 6.45) is 1.66. The average Bonchev–Trinajstić information content (AvgIpc) is 2.97. The molecule has 6 nitrogen and oxygen atoms in total. The van der Waals surface area contributed by atoms with E-state index in [1.807, 2.05) is 85.7 Å². The quantitative estimate of drug-likeness (QED) is 0.489. The van der Waals surface area contributed by atoms with Crippen molar-refractivity contribution in [3.8, 4) is 5.75 Å². The van der Waals surface area contributed by atoms with Crippen LogP contribution >= 0.6 is 11.8 Å². The van der Waals surface area contributed by atoms with Crippen LogP contribution in [0.4, 0.5) is 10.5 Å². The van der Waals surface area contributed by atoms with Crippen LogP contribution < -0.4 is 5.32 Å². The van der Waals surface area contributed by atoms with Gasteiger partial charge in [0.15, 0.2) is 0 Å². The highest BCUT2D eigenvalue weighted by molar-refractivity contribution is 8.18. The average molecular weight is 495 g/mol. The zero-order valence-corrected chi connectivity index (χ0v) is 22.5. The van der Waals surface area contributed by atoms with E-state index in [0.29, 0.717) is 5.69 Å². The Morgan fingerprint density at radius 2 is 1.51 bits per heavy atom. The molecular weight excluding hydrogens is 460 g/mol. The minimum Gasteiger partial charge on any atom is -0.507 e. The Bertz CT molecular complexity index is 1180. The van der Waals surface area contributed by atoms with Crippen molar-refractivity contribution in [3.05, 3.63) is 63.1 Å². The predicted octanol–water partition coefficient (Wildman–Crippen LogP) is 6.28. The predicted molar refractivity (Wildman–Crippen MR) is 143 cm³/mol. The number of hydrogen-bond acceptors (Lipinski definition) is 5. The third kappa shape index (κ3) is 5.78. The van der Waals surface area contributed by atoms with E-state index < -0.39 is 17.1 Å². The Labute approximate surface area is 211 Å². The monoisotopic (exact) mass is 494 g/mol. The number of benzene rings is 2. The van der Waals surface area contributed by atoms with Crippen molar-refractivity contribution in [2.75, 3.05) is 11.9 Å². The Hall–Kier alpha value is -3.06. The van der Waals surface area contributed by atoms with E-state index in [9.17, 15) is 19.5 Å².